The highest BCUT2D eigenvalue weighted by molar-refractivity contribution is 8.00. The largest absolute Gasteiger partial charge is 0.336 e. The van der Waals surface area contributed by atoms with E-state index in [1.807, 2.05) is 23.1 Å². The molecule has 3 aliphatic rings. The first kappa shape index (κ1) is 14.1. The van der Waals surface area contributed by atoms with Gasteiger partial charge in [-0.1, -0.05) is 0 Å². The normalized spacial score (nSPS) is 22.2. The molecule has 5 nitrogen and oxygen atoms in total. The Morgan fingerprint density at radius 2 is 1.95 bits per heavy atom. The van der Waals surface area contributed by atoms with E-state index in [1.54, 1.807) is 0 Å². The number of carbonyl (C=O) groups excluding carboxylic acids is 2. The molecule has 0 atom stereocenters. The minimum atomic E-state index is 0.000136. The van der Waals surface area contributed by atoms with Crippen molar-refractivity contribution >= 4 is 29.3 Å². The van der Waals surface area contributed by atoms with E-state index in [2.05, 4.69) is 10.2 Å². The van der Waals surface area contributed by atoms with Crippen LogP contribution in [0.4, 0.5) is 5.69 Å². The molecule has 1 aromatic carbocycles. The average molecular weight is 317 g/mol. The van der Waals surface area contributed by atoms with Crippen LogP contribution in [-0.2, 0) is 4.79 Å². The summed E-state index contributed by atoms with van der Waals surface area (Å²) in [5.41, 5.74) is 1.44. The van der Waals surface area contributed by atoms with Crippen molar-refractivity contribution in [3.8, 4) is 0 Å². The standard InChI is InChI=1S/C16H19N3O2S/c20-15-10-22-14-4-1-11(9-13(14)17-15)16(21)19-7-5-18(6-8-19)12-2-3-12/h1,4,9,12H,2-3,5-8,10H2,(H,17,20). The number of hydrogen-bond acceptors (Lipinski definition) is 4. The van der Waals surface area contributed by atoms with Crippen molar-refractivity contribution in [2.75, 3.05) is 37.2 Å². The number of fused-ring (bicyclic) bond motifs is 1. The first-order valence-electron chi connectivity index (χ1n) is 7.81. The lowest BCUT2D eigenvalue weighted by molar-refractivity contribution is -0.113. The molecule has 2 heterocycles. The number of anilines is 1. The summed E-state index contributed by atoms with van der Waals surface area (Å²) >= 11 is 1.52. The van der Waals surface area contributed by atoms with Gasteiger partial charge in [-0.15, -0.1) is 11.8 Å². The van der Waals surface area contributed by atoms with Crippen LogP contribution in [0.1, 0.15) is 23.2 Å². The van der Waals surface area contributed by atoms with E-state index in [9.17, 15) is 9.59 Å². The maximum absolute atomic E-state index is 12.6. The van der Waals surface area contributed by atoms with Crippen LogP contribution in [0, 0.1) is 0 Å². The van der Waals surface area contributed by atoms with Crippen molar-refractivity contribution < 1.29 is 9.59 Å². The van der Waals surface area contributed by atoms with E-state index in [0.29, 0.717) is 11.3 Å². The molecular formula is C16H19N3O2S. The molecule has 0 radical (unpaired) electrons. The fourth-order valence-electron chi connectivity index (χ4n) is 3.13. The summed E-state index contributed by atoms with van der Waals surface area (Å²) in [6.45, 7) is 3.56. The Labute approximate surface area is 134 Å². The molecule has 1 aliphatic carbocycles. The number of hydrogen-bond donors (Lipinski definition) is 1. The van der Waals surface area contributed by atoms with Crippen molar-refractivity contribution in [2.45, 2.75) is 23.8 Å². The third kappa shape index (κ3) is 2.73. The van der Waals surface area contributed by atoms with E-state index >= 15 is 0 Å². The molecule has 1 aromatic rings. The van der Waals surface area contributed by atoms with Crippen molar-refractivity contribution in [2.24, 2.45) is 0 Å². The average Bonchev–Trinajstić information content (AvgIpc) is 3.38. The molecule has 22 heavy (non-hydrogen) atoms. The summed E-state index contributed by atoms with van der Waals surface area (Å²) < 4.78 is 0. The topological polar surface area (TPSA) is 52.7 Å². The van der Waals surface area contributed by atoms with E-state index in [1.165, 1.54) is 24.6 Å². The zero-order valence-electron chi connectivity index (χ0n) is 12.4. The molecule has 0 spiro atoms. The molecular weight excluding hydrogens is 298 g/mol. The third-order valence-electron chi connectivity index (χ3n) is 4.52. The molecule has 4 rings (SSSR count). The van der Waals surface area contributed by atoms with E-state index in [-0.39, 0.29) is 11.8 Å². The first-order chi connectivity index (χ1) is 10.7. The van der Waals surface area contributed by atoms with E-state index < -0.39 is 0 Å². The summed E-state index contributed by atoms with van der Waals surface area (Å²) in [6.07, 6.45) is 2.63. The number of benzene rings is 1. The van der Waals surface area contributed by atoms with Crippen LogP contribution in [-0.4, -0.2) is 59.6 Å². The van der Waals surface area contributed by atoms with Crippen LogP contribution in [0.3, 0.4) is 0 Å². The number of carbonyl (C=O) groups is 2. The molecule has 1 saturated carbocycles. The second-order valence-electron chi connectivity index (χ2n) is 6.11. The molecule has 1 saturated heterocycles. The van der Waals surface area contributed by atoms with Gasteiger partial charge in [-0.2, -0.15) is 0 Å². The van der Waals surface area contributed by atoms with Crippen LogP contribution >= 0.6 is 11.8 Å². The van der Waals surface area contributed by atoms with Gasteiger partial charge in [0.05, 0.1) is 11.4 Å². The van der Waals surface area contributed by atoms with Crippen molar-refractivity contribution in [1.82, 2.24) is 9.80 Å². The molecule has 2 fully saturated rings. The Balaban J connectivity index is 1.46. The molecule has 0 unspecified atom stereocenters. The summed E-state index contributed by atoms with van der Waals surface area (Å²) in [5.74, 6) is 0.520. The van der Waals surface area contributed by atoms with Crippen LogP contribution in [0.15, 0.2) is 23.1 Å². The Morgan fingerprint density at radius 1 is 1.18 bits per heavy atom. The minimum absolute atomic E-state index is 0.000136. The van der Waals surface area contributed by atoms with Gasteiger partial charge >= 0.3 is 0 Å². The number of rotatable bonds is 2. The maximum atomic E-state index is 12.6. The second-order valence-corrected chi connectivity index (χ2v) is 7.12. The van der Waals surface area contributed by atoms with E-state index in [4.69, 9.17) is 0 Å². The van der Waals surface area contributed by atoms with Crippen LogP contribution in [0.5, 0.6) is 0 Å². The van der Waals surface area contributed by atoms with Crippen LogP contribution in [0.2, 0.25) is 0 Å². The highest BCUT2D eigenvalue weighted by Gasteiger charge is 2.32. The Morgan fingerprint density at radius 3 is 2.68 bits per heavy atom. The number of amides is 2. The van der Waals surface area contributed by atoms with Crippen LogP contribution < -0.4 is 5.32 Å². The van der Waals surface area contributed by atoms with Crippen molar-refractivity contribution in [1.29, 1.82) is 0 Å². The summed E-state index contributed by atoms with van der Waals surface area (Å²) in [5, 5.41) is 2.85. The van der Waals surface area contributed by atoms with Gasteiger partial charge < -0.3 is 10.2 Å². The fourth-order valence-corrected chi connectivity index (χ4v) is 3.92. The lowest BCUT2D eigenvalue weighted by Gasteiger charge is -2.35. The monoisotopic (exact) mass is 317 g/mol. The van der Waals surface area contributed by atoms with Gasteiger partial charge in [0, 0.05) is 42.7 Å². The smallest absolute Gasteiger partial charge is 0.254 e. The van der Waals surface area contributed by atoms with Gasteiger partial charge in [-0.25, -0.2) is 0 Å². The lowest BCUT2D eigenvalue weighted by Crippen LogP contribution is -2.49. The zero-order chi connectivity index (χ0) is 15.1. The molecule has 2 amide bonds. The summed E-state index contributed by atoms with van der Waals surface area (Å²) in [7, 11) is 0. The third-order valence-corrected chi connectivity index (χ3v) is 5.60. The number of nitrogens with one attached hydrogen (secondary N) is 1. The number of thioether (sulfide) groups is 1. The Hall–Kier alpha value is -1.53. The van der Waals surface area contributed by atoms with Crippen LogP contribution in [0.25, 0.3) is 0 Å². The zero-order valence-corrected chi connectivity index (χ0v) is 13.2. The SMILES string of the molecule is O=C1CSc2ccc(C(=O)N3CCN(C4CC4)CC3)cc2N1. The predicted molar refractivity (Wildman–Crippen MR) is 86.3 cm³/mol. The van der Waals surface area contributed by atoms with Gasteiger partial charge in [-0.3, -0.25) is 14.5 Å². The highest BCUT2D eigenvalue weighted by Crippen LogP contribution is 2.32. The maximum Gasteiger partial charge on any atom is 0.254 e. The van der Waals surface area contributed by atoms with Crippen molar-refractivity contribution in [3.05, 3.63) is 23.8 Å². The summed E-state index contributed by atoms with van der Waals surface area (Å²) in [4.78, 5) is 29.6. The first-order valence-corrected chi connectivity index (χ1v) is 8.79. The van der Waals surface area contributed by atoms with Gasteiger partial charge in [0.2, 0.25) is 5.91 Å². The van der Waals surface area contributed by atoms with Gasteiger partial charge in [0.15, 0.2) is 0 Å². The molecule has 0 bridgehead atoms. The van der Waals surface area contributed by atoms with Gasteiger partial charge in [0.25, 0.3) is 5.91 Å². The molecule has 2 aliphatic heterocycles. The lowest BCUT2D eigenvalue weighted by atomic mass is 10.1. The summed E-state index contributed by atoms with van der Waals surface area (Å²) in [6, 6.07) is 6.40. The minimum Gasteiger partial charge on any atom is -0.336 e. The van der Waals surface area contributed by atoms with Gasteiger partial charge in [-0.05, 0) is 31.0 Å². The Bertz CT molecular complexity index is 622. The predicted octanol–water partition coefficient (Wildman–Crippen LogP) is 1.65. The molecule has 0 aromatic heterocycles. The second kappa shape index (κ2) is 5.59. The Kier molecular flexibility index (Phi) is 3.58. The number of nitrogens with zero attached hydrogens (tertiary/aromatic N) is 2. The van der Waals surface area contributed by atoms with E-state index in [0.717, 1.165) is 42.8 Å². The van der Waals surface area contributed by atoms with Crippen molar-refractivity contribution in [3.63, 3.8) is 0 Å². The quantitative estimate of drug-likeness (QED) is 0.901. The molecule has 116 valence electrons. The highest BCUT2D eigenvalue weighted by atomic mass is 32.2. The van der Waals surface area contributed by atoms with Gasteiger partial charge in [0.1, 0.15) is 0 Å². The molecule has 1 N–H and O–H groups in total. The number of piperazine rings is 1. The molecule has 6 heteroatoms. The fraction of sp³-hybridized carbons (Fsp3) is 0.500.